The van der Waals surface area contributed by atoms with Crippen molar-refractivity contribution in [2.75, 3.05) is 19.7 Å². The zero-order valence-electron chi connectivity index (χ0n) is 10.3. The van der Waals surface area contributed by atoms with Gasteiger partial charge in [-0.15, -0.1) is 0 Å². The van der Waals surface area contributed by atoms with Crippen LogP contribution in [0.2, 0.25) is 0 Å². The third kappa shape index (κ3) is 5.71. The summed E-state index contributed by atoms with van der Waals surface area (Å²) in [7, 11) is 0. The van der Waals surface area contributed by atoms with Gasteiger partial charge in [0.25, 0.3) is 0 Å². The van der Waals surface area contributed by atoms with Gasteiger partial charge in [0.1, 0.15) is 0 Å². The number of ether oxygens (including phenoxy) is 1. The average molecular weight is 222 g/mol. The van der Waals surface area contributed by atoms with Crippen LogP contribution in [0.1, 0.15) is 31.7 Å². The number of unbranched alkanes of at least 4 members (excludes halogenated alkanes) is 2. The Balaban J connectivity index is 2.03. The van der Waals surface area contributed by atoms with Crippen molar-refractivity contribution < 1.29 is 4.74 Å². The molecule has 1 aromatic rings. The molecule has 90 valence electrons. The summed E-state index contributed by atoms with van der Waals surface area (Å²) in [6.45, 7) is 7.11. The third-order valence-electron chi connectivity index (χ3n) is 2.39. The van der Waals surface area contributed by atoms with E-state index < -0.39 is 0 Å². The summed E-state index contributed by atoms with van der Waals surface area (Å²) in [5, 5.41) is 3.31. The Labute approximate surface area is 98.2 Å². The molecule has 1 N–H and O–H groups in total. The first-order valence-corrected chi connectivity index (χ1v) is 6.09. The van der Waals surface area contributed by atoms with Gasteiger partial charge in [0.05, 0.1) is 6.61 Å². The van der Waals surface area contributed by atoms with Crippen molar-refractivity contribution in [3.05, 3.63) is 23.9 Å². The molecule has 1 aromatic heterocycles. The first-order valence-electron chi connectivity index (χ1n) is 6.09. The van der Waals surface area contributed by atoms with Gasteiger partial charge in [0.2, 0.25) is 5.88 Å². The molecule has 0 aliphatic rings. The van der Waals surface area contributed by atoms with Gasteiger partial charge >= 0.3 is 0 Å². The molecule has 0 unspecified atom stereocenters. The lowest BCUT2D eigenvalue weighted by Gasteiger charge is -2.05. The molecule has 0 amide bonds. The number of hydrogen-bond acceptors (Lipinski definition) is 3. The van der Waals surface area contributed by atoms with Crippen LogP contribution in [0.15, 0.2) is 18.3 Å². The second-order valence-electron chi connectivity index (χ2n) is 3.93. The van der Waals surface area contributed by atoms with Crippen LogP contribution in [0.3, 0.4) is 0 Å². The summed E-state index contributed by atoms with van der Waals surface area (Å²) in [6.07, 6.45) is 5.31. The van der Waals surface area contributed by atoms with Gasteiger partial charge in [0.15, 0.2) is 0 Å². The molecule has 3 heteroatoms. The number of pyridine rings is 1. The molecular weight excluding hydrogens is 200 g/mol. The predicted molar refractivity (Wildman–Crippen MR) is 66.9 cm³/mol. The van der Waals surface area contributed by atoms with Gasteiger partial charge < -0.3 is 10.1 Å². The zero-order chi connectivity index (χ0) is 11.6. The molecule has 0 fully saturated rings. The van der Waals surface area contributed by atoms with Crippen molar-refractivity contribution in [2.24, 2.45) is 0 Å². The van der Waals surface area contributed by atoms with Crippen molar-refractivity contribution in [1.82, 2.24) is 10.3 Å². The Morgan fingerprint density at radius 3 is 2.94 bits per heavy atom. The maximum absolute atomic E-state index is 5.56. The van der Waals surface area contributed by atoms with Crippen LogP contribution in [-0.2, 0) is 0 Å². The number of nitrogens with zero attached hydrogens (tertiary/aromatic N) is 1. The van der Waals surface area contributed by atoms with E-state index in [1.807, 2.05) is 19.1 Å². The topological polar surface area (TPSA) is 34.1 Å². The van der Waals surface area contributed by atoms with Gasteiger partial charge in [-0.2, -0.15) is 0 Å². The lowest BCUT2D eigenvalue weighted by Crippen LogP contribution is -2.14. The van der Waals surface area contributed by atoms with E-state index in [0.717, 1.165) is 32.0 Å². The van der Waals surface area contributed by atoms with Crippen LogP contribution in [0.5, 0.6) is 5.88 Å². The normalized spacial score (nSPS) is 10.4. The van der Waals surface area contributed by atoms with Gasteiger partial charge in [0, 0.05) is 12.3 Å². The van der Waals surface area contributed by atoms with Crippen LogP contribution < -0.4 is 10.1 Å². The van der Waals surface area contributed by atoms with E-state index >= 15 is 0 Å². The molecule has 0 bridgehead atoms. The van der Waals surface area contributed by atoms with Crippen molar-refractivity contribution in [2.45, 2.75) is 33.1 Å². The fraction of sp³-hybridized carbons (Fsp3) is 0.615. The molecule has 1 rings (SSSR count). The van der Waals surface area contributed by atoms with Crippen molar-refractivity contribution in [3.8, 4) is 5.88 Å². The summed E-state index contributed by atoms with van der Waals surface area (Å²) in [6, 6.07) is 3.95. The van der Waals surface area contributed by atoms with E-state index in [0.29, 0.717) is 0 Å². The standard InChI is InChI=1S/C13H22N2O/c1-3-14-8-5-4-6-10-16-13-11-12(2)7-9-15-13/h7,9,11,14H,3-6,8,10H2,1-2H3. The van der Waals surface area contributed by atoms with E-state index in [9.17, 15) is 0 Å². The summed E-state index contributed by atoms with van der Waals surface area (Å²) in [4.78, 5) is 4.15. The monoisotopic (exact) mass is 222 g/mol. The minimum absolute atomic E-state index is 0.742. The van der Waals surface area contributed by atoms with E-state index in [2.05, 4.69) is 17.2 Å². The smallest absolute Gasteiger partial charge is 0.213 e. The first-order chi connectivity index (χ1) is 7.83. The molecule has 0 radical (unpaired) electrons. The summed E-state index contributed by atoms with van der Waals surface area (Å²) < 4.78 is 5.56. The van der Waals surface area contributed by atoms with Crippen LogP contribution in [0, 0.1) is 6.92 Å². The quantitative estimate of drug-likeness (QED) is 0.686. The lowest BCUT2D eigenvalue weighted by atomic mass is 10.2. The van der Waals surface area contributed by atoms with Crippen molar-refractivity contribution >= 4 is 0 Å². The highest BCUT2D eigenvalue weighted by molar-refractivity contribution is 5.18. The SMILES string of the molecule is CCNCCCCCOc1cc(C)ccn1. The van der Waals surface area contributed by atoms with E-state index in [1.54, 1.807) is 6.20 Å². The van der Waals surface area contributed by atoms with Crippen molar-refractivity contribution in [1.29, 1.82) is 0 Å². The molecule has 0 aliphatic carbocycles. The fourth-order valence-corrected chi connectivity index (χ4v) is 1.47. The predicted octanol–water partition coefficient (Wildman–Crippen LogP) is 2.55. The van der Waals surface area contributed by atoms with E-state index in [1.165, 1.54) is 18.4 Å². The minimum atomic E-state index is 0.742. The van der Waals surface area contributed by atoms with Crippen LogP contribution in [0.25, 0.3) is 0 Å². The Hall–Kier alpha value is -1.09. The molecule has 0 saturated carbocycles. The molecule has 1 heterocycles. The maximum atomic E-state index is 5.56. The number of hydrogen-bond donors (Lipinski definition) is 1. The largest absolute Gasteiger partial charge is 0.478 e. The number of nitrogens with one attached hydrogen (secondary N) is 1. The average Bonchev–Trinajstić information content (AvgIpc) is 2.28. The van der Waals surface area contributed by atoms with Crippen molar-refractivity contribution in [3.63, 3.8) is 0 Å². The van der Waals surface area contributed by atoms with E-state index in [-0.39, 0.29) is 0 Å². The van der Waals surface area contributed by atoms with Gasteiger partial charge in [-0.3, -0.25) is 0 Å². The molecule has 16 heavy (non-hydrogen) atoms. The molecule has 0 saturated heterocycles. The summed E-state index contributed by atoms with van der Waals surface area (Å²) >= 11 is 0. The molecule has 0 spiro atoms. The van der Waals surface area contributed by atoms with Gasteiger partial charge in [-0.1, -0.05) is 6.92 Å². The Morgan fingerprint density at radius 2 is 2.19 bits per heavy atom. The number of aryl methyl sites for hydroxylation is 1. The highest BCUT2D eigenvalue weighted by Crippen LogP contribution is 2.08. The second kappa shape index (κ2) is 8.11. The molecule has 0 aromatic carbocycles. The Bertz CT molecular complexity index is 289. The molecule has 0 atom stereocenters. The van der Waals surface area contributed by atoms with Crippen LogP contribution in [-0.4, -0.2) is 24.7 Å². The number of aromatic nitrogens is 1. The maximum Gasteiger partial charge on any atom is 0.213 e. The zero-order valence-corrected chi connectivity index (χ0v) is 10.3. The highest BCUT2D eigenvalue weighted by atomic mass is 16.5. The molecular formula is C13H22N2O. The lowest BCUT2D eigenvalue weighted by molar-refractivity contribution is 0.293. The van der Waals surface area contributed by atoms with Gasteiger partial charge in [-0.25, -0.2) is 4.98 Å². The van der Waals surface area contributed by atoms with Crippen LogP contribution >= 0.6 is 0 Å². The Morgan fingerprint density at radius 1 is 1.31 bits per heavy atom. The first kappa shape index (κ1) is 13.0. The summed E-state index contributed by atoms with van der Waals surface area (Å²) in [5.41, 5.74) is 1.19. The third-order valence-corrected chi connectivity index (χ3v) is 2.39. The highest BCUT2D eigenvalue weighted by Gasteiger charge is 1.95. The van der Waals surface area contributed by atoms with Crippen LogP contribution in [0.4, 0.5) is 0 Å². The van der Waals surface area contributed by atoms with Gasteiger partial charge in [-0.05, 0) is 50.9 Å². The Kier molecular flexibility index (Phi) is 6.58. The fourth-order valence-electron chi connectivity index (χ4n) is 1.47. The summed E-state index contributed by atoms with van der Waals surface area (Å²) in [5.74, 6) is 0.742. The second-order valence-corrected chi connectivity index (χ2v) is 3.93. The minimum Gasteiger partial charge on any atom is -0.478 e. The molecule has 3 nitrogen and oxygen atoms in total. The molecule has 0 aliphatic heterocycles. The van der Waals surface area contributed by atoms with E-state index in [4.69, 9.17) is 4.74 Å². The number of rotatable bonds is 8.